The normalized spacial score (nSPS) is 15.6. The first kappa shape index (κ1) is 17.8. The summed E-state index contributed by atoms with van der Waals surface area (Å²) in [6, 6.07) is 13.1. The molecule has 1 aliphatic heterocycles. The fraction of sp³-hybridized carbons (Fsp3) is 0.300. The molecule has 0 spiro atoms. The van der Waals surface area contributed by atoms with Crippen LogP contribution in [-0.4, -0.2) is 32.6 Å². The van der Waals surface area contributed by atoms with Crippen molar-refractivity contribution in [3.8, 4) is 11.5 Å². The maximum atomic E-state index is 12.6. The second-order valence-electron chi connectivity index (χ2n) is 6.12. The van der Waals surface area contributed by atoms with Crippen LogP contribution in [0.2, 0.25) is 0 Å². The minimum absolute atomic E-state index is 0.132. The number of benzene rings is 2. The van der Waals surface area contributed by atoms with Crippen molar-refractivity contribution in [2.75, 3.05) is 26.1 Å². The summed E-state index contributed by atoms with van der Waals surface area (Å²) in [5, 5.41) is 5.74. The van der Waals surface area contributed by atoms with Crippen LogP contribution in [0.15, 0.2) is 42.5 Å². The van der Waals surface area contributed by atoms with Gasteiger partial charge in [-0.25, -0.2) is 0 Å². The minimum Gasteiger partial charge on any atom is -0.493 e. The molecule has 2 amide bonds. The van der Waals surface area contributed by atoms with Gasteiger partial charge in [0.15, 0.2) is 11.5 Å². The Morgan fingerprint density at radius 3 is 2.69 bits per heavy atom. The maximum Gasteiger partial charge on any atom is 0.228 e. The van der Waals surface area contributed by atoms with E-state index in [2.05, 4.69) is 10.6 Å². The number of carbonyl (C=O) groups is 2. The Morgan fingerprint density at radius 1 is 1.15 bits per heavy atom. The molecule has 1 heterocycles. The summed E-state index contributed by atoms with van der Waals surface area (Å²) in [5.74, 6) is 0.612. The minimum atomic E-state index is -0.453. The van der Waals surface area contributed by atoms with Crippen LogP contribution in [-0.2, 0) is 16.0 Å². The number of para-hydroxylation sites is 1. The van der Waals surface area contributed by atoms with Gasteiger partial charge in [0.1, 0.15) is 0 Å². The molecule has 2 N–H and O–H groups in total. The Kier molecular flexibility index (Phi) is 5.41. The molecule has 2 aromatic carbocycles. The van der Waals surface area contributed by atoms with Gasteiger partial charge in [-0.1, -0.05) is 24.3 Å². The van der Waals surface area contributed by atoms with Gasteiger partial charge in [0, 0.05) is 18.7 Å². The van der Waals surface area contributed by atoms with Gasteiger partial charge in [-0.15, -0.1) is 0 Å². The maximum absolute atomic E-state index is 12.6. The molecule has 2 aromatic rings. The molecule has 3 rings (SSSR count). The van der Waals surface area contributed by atoms with Gasteiger partial charge in [-0.3, -0.25) is 9.59 Å². The van der Waals surface area contributed by atoms with Crippen LogP contribution < -0.4 is 20.1 Å². The van der Waals surface area contributed by atoms with Crippen LogP contribution in [0.1, 0.15) is 23.5 Å². The Balaban J connectivity index is 1.62. The van der Waals surface area contributed by atoms with Crippen molar-refractivity contribution in [1.82, 2.24) is 5.32 Å². The Bertz CT molecular complexity index is 819. The lowest BCUT2D eigenvalue weighted by atomic mass is 9.90. The highest BCUT2D eigenvalue weighted by molar-refractivity contribution is 6.01. The van der Waals surface area contributed by atoms with Gasteiger partial charge in [0.25, 0.3) is 0 Å². The van der Waals surface area contributed by atoms with Crippen LogP contribution in [0.3, 0.4) is 0 Å². The molecule has 1 unspecified atom stereocenters. The highest BCUT2D eigenvalue weighted by atomic mass is 16.5. The second kappa shape index (κ2) is 7.91. The number of methoxy groups -OCH3 is 2. The summed E-state index contributed by atoms with van der Waals surface area (Å²) in [4.78, 5) is 24.4. The quantitative estimate of drug-likeness (QED) is 0.836. The Labute approximate surface area is 152 Å². The third kappa shape index (κ3) is 3.79. The number of carbonyl (C=O) groups excluding carboxylic acids is 2. The molecule has 1 atom stereocenters. The van der Waals surface area contributed by atoms with Crippen molar-refractivity contribution < 1.29 is 19.1 Å². The average Bonchev–Trinajstić information content (AvgIpc) is 2.67. The molecule has 0 aromatic heterocycles. The van der Waals surface area contributed by atoms with Crippen LogP contribution in [0.25, 0.3) is 0 Å². The van der Waals surface area contributed by atoms with Gasteiger partial charge in [0.05, 0.1) is 20.1 Å². The fourth-order valence-electron chi connectivity index (χ4n) is 3.13. The first-order valence-corrected chi connectivity index (χ1v) is 8.49. The van der Waals surface area contributed by atoms with E-state index in [0.29, 0.717) is 30.2 Å². The van der Waals surface area contributed by atoms with Crippen molar-refractivity contribution in [2.45, 2.75) is 18.8 Å². The molecule has 0 bridgehead atoms. The number of amides is 2. The summed E-state index contributed by atoms with van der Waals surface area (Å²) in [7, 11) is 3.19. The van der Waals surface area contributed by atoms with Crippen molar-refractivity contribution in [1.29, 1.82) is 0 Å². The third-order valence-electron chi connectivity index (χ3n) is 4.48. The lowest BCUT2D eigenvalue weighted by molar-refractivity contribution is -0.126. The number of rotatable bonds is 6. The van der Waals surface area contributed by atoms with E-state index in [1.807, 2.05) is 42.5 Å². The standard InChI is InChI=1S/C20H22N2O4/c1-25-17-8-7-13(11-18(17)26-2)9-10-21-20(24)15-12-19(23)22-16-6-4-3-5-14(15)16/h3-8,11,15H,9-10,12H2,1-2H3,(H,21,24)(H,22,23). The lowest BCUT2D eigenvalue weighted by Gasteiger charge is -2.24. The Hall–Kier alpha value is -3.02. The molecule has 6 heteroatoms. The summed E-state index contributed by atoms with van der Waals surface area (Å²) in [6.07, 6.45) is 0.825. The van der Waals surface area contributed by atoms with Crippen molar-refractivity contribution in [2.24, 2.45) is 0 Å². The summed E-state index contributed by atoms with van der Waals surface area (Å²) in [5.41, 5.74) is 2.60. The zero-order valence-corrected chi connectivity index (χ0v) is 14.9. The van der Waals surface area contributed by atoms with Crippen LogP contribution in [0.4, 0.5) is 5.69 Å². The molecule has 0 aliphatic carbocycles. The average molecular weight is 354 g/mol. The third-order valence-corrected chi connectivity index (χ3v) is 4.48. The van der Waals surface area contributed by atoms with Gasteiger partial charge in [-0.05, 0) is 35.7 Å². The molecule has 1 aliphatic rings. The number of hydrogen-bond acceptors (Lipinski definition) is 4. The van der Waals surface area contributed by atoms with Crippen molar-refractivity contribution >= 4 is 17.5 Å². The SMILES string of the molecule is COc1ccc(CCNC(=O)C2CC(=O)Nc3ccccc32)cc1OC. The molecule has 0 saturated carbocycles. The lowest BCUT2D eigenvalue weighted by Crippen LogP contribution is -2.35. The zero-order valence-electron chi connectivity index (χ0n) is 14.9. The zero-order chi connectivity index (χ0) is 18.5. The van der Waals surface area contributed by atoms with Crippen molar-refractivity contribution in [3.63, 3.8) is 0 Å². The monoisotopic (exact) mass is 354 g/mol. The predicted molar refractivity (Wildman–Crippen MR) is 98.7 cm³/mol. The second-order valence-corrected chi connectivity index (χ2v) is 6.12. The van der Waals surface area contributed by atoms with E-state index in [1.165, 1.54) is 0 Å². The highest BCUT2D eigenvalue weighted by Crippen LogP contribution is 2.32. The van der Waals surface area contributed by atoms with Gasteiger partial charge >= 0.3 is 0 Å². The first-order chi connectivity index (χ1) is 12.6. The largest absolute Gasteiger partial charge is 0.493 e. The first-order valence-electron chi connectivity index (χ1n) is 8.49. The summed E-state index contributed by atoms with van der Waals surface area (Å²) < 4.78 is 10.5. The van der Waals surface area contributed by atoms with Crippen molar-refractivity contribution in [3.05, 3.63) is 53.6 Å². The molecule has 6 nitrogen and oxygen atoms in total. The number of anilines is 1. The molecule has 0 radical (unpaired) electrons. The number of hydrogen-bond donors (Lipinski definition) is 2. The van der Waals surface area contributed by atoms with Gasteiger partial charge < -0.3 is 20.1 Å². The number of fused-ring (bicyclic) bond motifs is 1. The van der Waals surface area contributed by atoms with E-state index in [9.17, 15) is 9.59 Å². The molecular formula is C20H22N2O4. The van der Waals surface area contributed by atoms with Gasteiger partial charge in [0.2, 0.25) is 11.8 Å². The number of nitrogens with one attached hydrogen (secondary N) is 2. The summed E-state index contributed by atoms with van der Waals surface area (Å²) in [6.45, 7) is 0.481. The molecule has 0 fully saturated rings. The number of ether oxygens (including phenoxy) is 2. The topological polar surface area (TPSA) is 76.7 Å². The highest BCUT2D eigenvalue weighted by Gasteiger charge is 2.30. The van der Waals surface area contributed by atoms with E-state index in [-0.39, 0.29) is 18.2 Å². The molecular weight excluding hydrogens is 332 g/mol. The molecule has 136 valence electrons. The van der Waals surface area contributed by atoms with Gasteiger partial charge in [-0.2, -0.15) is 0 Å². The molecule has 26 heavy (non-hydrogen) atoms. The Morgan fingerprint density at radius 2 is 1.92 bits per heavy atom. The van der Waals surface area contributed by atoms with E-state index in [1.54, 1.807) is 14.2 Å². The van der Waals surface area contributed by atoms with Crippen LogP contribution in [0, 0.1) is 0 Å². The summed E-state index contributed by atoms with van der Waals surface area (Å²) >= 11 is 0. The predicted octanol–water partition coefficient (Wildman–Crippen LogP) is 2.49. The smallest absolute Gasteiger partial charge is 0.228 e. The van der Waals surface area contributed by atoms with E-state index < -0.39 is 5.92 Å². The van der Waals surface area contributed by atoms with E-state index >= 15 is 0 Å². The van der Waals surface area contributed by atoms with E-state index in [4.69, 9.17) is 9.47 Å². The van der Waals surface area contributed by atoms with E-state index in [0.717, 1.165) is 11.1 Å². The van der Waals surface area contributed by atoms with Crippen LogP contribution in [0.5, 0.6) is 11.5 Å². The molecule has 0 saturated heterocycles. The van der Waals surface area contributed by atoms with Crippen LogP contribution >= 0.6 is 0 Å². The fourth-order valence-corrected chi connectivity index (χ4v) is 3.13.